The van der Waals surface area contributed by atoms with Gasteiger partial charge in [0.25, 0.3) is 0 Å². The number of aliphatic hydroxyl groups is 1. The Kier molecular flexibility index (Phi) is 3.38. The molecule has 1 amide bonds. The van der Waals surface area contributed by atoms with Crippen LogP contribution in [-0.2, 0) is 14.3 Å². The standard InChI is InChI=1S/C13H13ClN2O4S/c1-6(17)8-10(18)16-5-13(12(19)20,21-11(8)16)7-3-2-4-15-9(7)14/h2-4,6,8,11,17H,5H2,1H3,(H,19,20)/t6-,8+,11-,13?/m1/s1. The molecule has 8 heteroatoms. The highest BCUT2D eigenvalue weighted by Crippen LogP contribution is 2.56. The Morgan fingerprint density at radius 1 is 1.67 bits per heavy atom. The van der Waals surface area contributed by atoms with Crippen molar-refractivity contribution in [1.82, 2.24) is 9.88 Å². The SMILES string of the molecule is C[C@@H](O)[C@H]1C(=O)N2CC(C(=O)O)(c3cccnc3Cl)S[C@H]12. The number of halogens is 1. The first kappa shape index (κ1) is 14.6. The molecular weight excluding hydrogens is 316 g/mol. The Bertz CT molecular complexity index is 626. The van der Waals surface area contributed by atoms with E-state index < -0.39 is 22.7 Å². The van der Waals surface area contributed by atoms with Gasteiger partial charge in [0, 0.05) is 11.8 Å². The molecular formula is C13H13ClN2O4S. The first-order valence-electron chi connectivity index (χ1n) is 6.39. The Morgan fingerprint density at radius 2 is 2.38 bits per heavy atom. The normalized spacial score (nSPS) is 32.5. The highest BCUT2D eigenvalue weighted by molar-refractivity contribution is 8.02. The van der Waals surface area contributed by atoms with Gasteiger partial charge in [0.05, 0.1) is 23.9 Å². The van der Waals surface area contributed by atoms with E-state index in [-0.39, 0.29) is 23.0 Å². The summed E-state index contributed by atoms with van der Waals surface area (Å²) in [5.74, 6) is -1.84. The highest BCUT2D eigenvalue weighted by atomic mass is 35.5. The predicted octanol–water partition coefficient (Wildman–Crippen LogP) is 0.927. The van der Waals surface area contributed by atoms with Gasteiger partial charge in [0.1, 0.15) is 5.15 Å². The quantitative estimate of drug-likeness (QED) is 0.633. The van der Waals surface area contributed by atoms with Crippen molar-refractivity contribution in [2.75, 3.05) is 6.54 Å². The number of β-lactam (4-membered cyclic amide) rings is 1. The Labute approximate surface area is 130 Å². The number of fused-ring (bicyclic) bond motifs is 1. The van der Waals surface area contributed by atoms with Gasteiger partial charge < -0.3 is 15.1 Å². The van der Waals surface area contributed by atoms with Crippen molar-refractivity contribution >= 4 is 35.2 Å². The number of amides is 1. The van der Waals surface area contributed by atoms with Gasteiger partial charge in [0.15, 0.2) is 4.75 Å². The molecule has 0 bridgehead atoms. The van der Waals surface area contributed by atoms with E-state index in [4.69, 9.17) is 11.6 Å². The second kappa shape index (κ2) is 4.86. The number of hydrogen-bond donors (Lipinski definition) is 2. The van der Waals surface area contributed by atoms with Crippen LogP contribution in [0.2, 0.25) is 5.15 Å². The summed E-state index contributed by atoms with van der Waals surface area (Å²) >= 11 is 7.19. The minimum Gasteiger partial charge on any atom is -0.480 e. The number of carbonyl (C=O) groups is 2. The van der Waals surface area contributed by atoms with Gasteiger partial charge in [-0.1, -0.05) is 17.7 Å². The number of carbonyl (C=O) groups excluding carboxylic acids is 1. The summed E-state index contributed by atoms with van der Waals surface area (Å²) in [4.78, 5) is 29.3. The highest BCUT2D eigenvalue weighted by Gasteiger charge is 2.63. The summed E-state index contributed by atoms with van der Waals surface area (Å²) in [5, 5.41) is 19.2. The van der Waals surface area contributed by atoms with E-state index in [1.165, 1.54) is 18.0 Å². The van der Waals surface area contributed by atoms with Crippen LogP contribution in [0.5, 0.6) is 0 Å². The largest absolute Gasteiger partial charge is 0.480 e. The number of aromatic nitrogens is 1. The molecule has 1 aromatic rings. The number of nitrogens with zero attached hydrogens (tertiary/aromatic N) is 2. The van der Waals surface area contributed by atoms with Crippen molar-refractivity contribution < 1.29 is 19.8 Å². The van der Waals surface area contributed by atoms with Crippen molar-refractivity contribution in [1.29, 1.82) is 0 Å². The summed E-state index contributed by atoms with van der Waals surface area (Å²) in [6.07, 6.45) is 0.680. The number of carboxylic acid groups (broad SMARTS) is 1. The maximum atomic E-state index is 12.0. The van der Waals surface area contributed by atoms with Crippen LogP contribution in [-0.4, -0.2) is 50.0 Å². The molecule has 0 radical (unpaired) electrons. The predicted molar refractivity (Wildman–Crippen MR) is 76.8 cm³/mol. The fourth-order valence-corrected chi connectivity index (χ4v) is 5.00. The van der Waals surface area contributed by atoms with Crippen LogP contribution in [0.15, 0.2) is 18.3 Å². The van der Waals surface area contributed by atoms with Gasteiger partial charge in [-0.15, -0.1) is 11.8 Å². The minimum atomic E-state index is -1.34. The average Bonchev–Trinajstić information content (AvgIpc) is 2.75. The third-order valence-corrected chi connectivity index (χ3v) is 5.97. The van der Waals surface area contributed by atoms with Crippen LogP contribution in [0.25, 0.3) is 0 Å². The van der Waals surface area contributed by atoms with E-state index in [9.17, 15) is 19.8 Å². The fourth-order valence-electron chi connectivity index (χ4n) is 2.85. The Balaban J connectivity index is 2.02. The number of rotatable bonds is 3. The molecule has 21 heavy (non-hydrogen) atoms. The molecule has 2 saturated heterocycles. The van der Waals surface area contributed by atoms with E-state index in [0.29, 0.717) is 5.56 Å². The average molecular weight is 329 g/mol. The van der Waals surface area contributed by atoms with Gasteiger partial charge in [-0.3, -0.25) is 9.59 Å². The molecule has 3 rings (SSSR count). The summed E-state index contributed by atoms with van der Waals surface area (Å²) < 4.78 is -1.34. The first-order valence-corrected chi connectivity index (χ1v) is 7.65. The van der Waals surface area contributed by atoms with Crippen molar-refractivity contribution in [3.05, 3.63) is 29.0 Å². The second-order valence-corrected chi connectivity index (χ2v) is 6.99. The van der Waals surface area contributed by atoms with E-state index >= 15 is 0 Å². The number of aliphatic hydroxyl groups excluding tert-OH is 1. The second-order valence-electron chi connectivity index (χ2n) is 5.21. The lowest BCUT2D eigenvalue weighted by molar-refractivity contribution is -0.156. The smallest absolute Gasteiger partial charge is 0.326 e. The number of hydrogen-bond acceptors (Lipinski definition) is 5. The monoisotopic (exact) mass is 328 g/mol. The van der Waals surface area contributed by atoms with Crippen molar-refractivity contribution in [3.63, 3.8) is 0 Å². The third-order valence-electron chi connectivity index (χ3n) is 3.96. The number of pyridine rings is 1. The van der Waals surface area contributed by atoms with Crippen LogP contribution in [0.1, 0.15) is 12.5 Å². The van der Waals surface area contributed by atoms with Gasteiger partial charge in [-0.2, -0.15) is 0 Å². The zero-order valence-corrected chi connectivity index (χ0v) is 12.6. The molecule has 4 atom stereocenters. The van der Waals surface area contributed by atoms with E-state index in [2.05, 4.69) is 4.98 Å². The van der Waals surface area contributed by atoms with Crippen molar-refractivity contribution in [2.24, 2.45) is 5.92 Å². The molecule has 2 N–H and O–H groups in total. The number of carboxylic acids is 1. The topological polar surface area (TPSA) is 90.7 Å². The van der Waals surface area contributed by atoms with E-state index in [0.717, 1.165) is 11.8 Å². The van der Waals surface area contributed by atoms with Gasteiger partial charge in [-0.05, 0) is 13.0 Å². The lowest BCUT2D eigenvalue weighted by Gasteiger charge is -2.42. The van der Waals surface area contributed by atoms with Crippen LogP contribution in [0, 0.1) is 5.92 Å². The van der Waals surface area contributed by atoms with Crippen LogP contribution in [0.3, 0.4) is 0 Å². The molecule has 6 nitrogen and oxygen atoms in total. The molecule has 0 aliphatic carbocycles. The minimum absolute atomic E-state index is 0.0329. The van der Waals surface area contributed by atoms with E-state index in [1.807, 2.05) is 0 Å². The zero-order chi connectivity index (χ0) is 15.4. The molecule has 112 valence electrons. The fraction of sp³-hybridized carbons (Fsp3) is 0.462. The van der Waals surface area contributed by atoms with Crippen LogP contribution < -0.4 is 0 Å². The molecule has 1 unspecified atom stereocenters. The number of aliphatic carboxylic acids is 1. The van der Waals surface area contributed by atoms with Gasteiger partial charge in [0.2, 0.25) is 5.91 Å². The summed E-state index contributed by atoms with van der Waals surface area (Å²) in [6.45, 7) is 1.57. The molecule has 0 saturated carbocycles. The van der Waals surface area contributed by atoms with E-state index in [1.54, 1.807) is 12.1 Å². The molecule has 3 heterocycles. The van der Waals surface area contributed by atoms with Crippen molar-refractivity contribution in [2.45, 2.75) is 23.1 Å². The first-order chi connectivity index (χ1) is 9.88. The van der Waals surface area contributed by atoms with Gasteiger partial charge in [-0.25, -0.2) is 4.98 Å². The maximum absolute atomic E-state index is 12.0. The summed E-state index contributed by atoms with van der Waals surface area (Å²) in [6, 6.07) is 3.24. The van der Waals surface area contributed by atoms with Crippen LogP contribution in [0.4, 0.5) is 0 Å². The summed E-state index contributed by atoms with van der Waals surface area (Å²) in [7, 11) is 0. The molecule has 2 fully saturated rings. The molecule has 2 aliphatic heterocycles. The van der Waals surface area contributed by atoms with Gasteiger partial charge >= 0.3 is 5.97 Å². The summed E-state index contributed by atoms with van der Waals surface area (Å²) in [5.41, 5.74) is 0.385. The molecule has 2 aliphatic rings. The Hall–Kier alpha value is -1.31. The molecule has 0 aromatic carbocycles. The lowest BCUT2D eigenvalue weighted by Crippen LogP contribution is -2.60. The third kappa shape index (κ3) is 1.95. The van der Waals surface area contributed by atoms with Crippen LogP contribution >= 0.6 is 23.4 Å². The zero-order valence-electron chi connectivity index (χ0n) is 11.1. The number of thioether (sulfide) groups is 1. The molecule has 1 aromatic heterocycles. The molecule has 0 spiro atoms. The lowest BCUT2D eigenvalue weighted by atomic mass is 9.90. The van der Waals surface area contributed by atoms with Crippen molar-refractivity contribution in [3.8, 4) is 0 Å². The Morgan fingerprint density at radius 3 is 2.95 bits per heavy atom. The maximum Gasteiger partial charge on any atom is 0.326 e.